The second-order valence-corrected chi connectivity index (χ2v) is 5.14. The molecule has 2 aromatic rings. The van der Waals surface area contributed by atoms with E-state index in [1.165, 1.54) is 0 Å². The van der Waals surface area contributed by atoms with Crippen LogP contribution in [0.4, 0.5) is 5.82 Å². The molecular formula is C16H17N3O3S2. The lowest BCUT2D eigenvalue weighted by molar-refractivity contribution is 0.0960. The highest BCUT2D eigenvalue weighted by molar-refractivity contribution is 7.80. The molecule has 24 heavy (non-hydrogen) atoms. The molecule has 0 aliphatic heterocycles. The molecule has 0 fully saturated rings. The molecule has 0 unspecified atom stereocenters. The normalized spacial score (nSPS) is 9.17. The molecule has 0 aliphatic carbocycles. The summed E-state index contributed by atoms with van der Waals surface area (Å²) in [6.07, 6.45) is 1.94. The number of Topliss-reactive ketones (excluding diaryl/α,β-unsaturated/α-hetero) is 1. The maximum absolute atomic E-state index is 11.8. The van der Waals surface area contributed by atoms with Crippen LogP contribution in [-0.2, 0) is 4.74 Å². The van der Waals surface area contributed by atoms with Crippen molar-refractivity contribution in [3.05, 3.63) is 60.3 Å². The maximum atomic E-state index is 11.8. The standard InChI is InChI=1S/C15H14N2O2S.CH3NOS/c18-13(12-6-2-1-3-7-12)9-11-19-15(20)17-14-8-4-5-10-16-14;2-1(3)4/h1-8,10H,9,11H2,(H,16,17,20);(H3,2,3,4). The third-order valence-corrected chi connectivity index (χ3v) is 2.77. The molecule has 0 amide bonds. The number of aliphatic hydroxyl groups excluding tert-OH is 1. The summed E-state index contributed by atoms with van der Waals surface area (Å²) in [7, 11) is 0. The van der Waals surface area contributed by atoms with E-state index >= 15 is 0 Å². The molecule has 6 nitrogen and oxygen atoms in total. The zero-order valence-corrected chi connectivity index (χ0v) is 14.3. The first-order chi connectivity index (χ1) is 11.5. The van der Waals surface area contributed by atoms with Crippen molar-refractivity contribution in [3.63, 3.8) is 0 Å². The van der Waals surface area contributed by atoms with Crippen LogP contribution in [0.15, 0.2) is 54.7 Å². The number of nitrogens with one attached hydrogen (secondary N) is 1. The van der Waals surface area contributed by atoms with Crippen molar-refractivity contribution in [1.29, 1.82) is 0 Å². The highest BCUT2D eigenvalue weighted by Gasteiger charge is 2.06. The number of nitrogens with zero attached hydrogens (tertiary/aromatic N) is 1. The minimum atomic E-state index is -0.500. The lowest BCUT2D eigenvalue weighted by atomic mass is 10.1. The van der Waals surface area contributed by atoms with Crippen molar-refractivity contribution in [1.82, 2.24) is 4.98 Å². The van der Waals surface area contributed by atoms with Gasteiger partial charge in [0.25, 0.3) is 10.3 Å². The van der Waals surface area contributed by atoms with Gasteiger partial charge in [-0.05, 0) is 36.6 Å². The van der Waals surface area contributed by atoms with E-state index in [2.05, 4.69) is 28.3 Å². The lowest BCUT2D eigenvalue weighted by Crippen LogP contribution is -2.16. The number of aliphatic hydroxyl groups is 1. The summed E-state index contributed by atoms with van der Waals surface area (Å²) in [6.45, 7) is 0.242. The number of rotatable bonds is 5. The third-order valence-electron chi connectivity index (χ3n) is 2.55. The van der Waals surface area contributed by atoms with E-state index in [0.717, 1.165) is 0 Å². The second-order valence-electron chi connectivity index (χ2n) is 4.35. The van der Waals surface area contributed by atoms with E-state index in [4.69, 9.17) is 22.1 Å². The molecular weight excluding hydrogens is 346 g/mol. The number of pyridine rings is 1. The molecule has 1 aromatic carbocycles. The van der Waals surface area contributed by atoms with Gasteiger partial charge in [0.1, 0.15) is 5.82 Å². The van der Waals surface area contributed by atoms with E-state index in [1.807, 2.05) is 30.3 Å². The number of aromatic nitrogens is 1. The second kappa shape index (κ2) is 11.0. The highest BCUT2D eigenvalue weighted by atomic mass is 32.1. The van der Waals surface area contributed by atoms with E-state index in [-0.39, 0.29) is 24.0 Å². The number of anilines is 1. The third kappa shape index (κ3) is 8.76. The Kier molecular flexibility index (Phi) is 8.95. The number of ether oxygens (including phenoxy) is 1. The average molecular weight is 363 g/mol. The van der Waals surface area contributed by atoms with E-state index in [1.54, 1.807) is 24.4 Å². The Morgan fingerprint density at radius 2 is 1.79 bits per heavy atom. The lowest BCUT2D eigenvalue weighted by Gasteiger charge is -2.08. The monoisotopic (exact) mass is 363 g/mol. The molecule has 0 saturated carbocycles. The van der Waals surface area contributed by atoms with Gasteiger partial charge in [0.15, 0.2) is 5.78 Å². The van der Waals surface area contributed by atoms with Crippen LogP contribution in [-0.4, -0.2) is 32.8 Å². The van der Waals surface area contributed by atoms with Crippen molar-refractivity contribution >= 4 is 46.4 Å². The fraction of sp³-hybridized carbons (Fsp3) is 0.125. The summed E-state index contributed by atoms with van der Waals surface area (Å²) < 4.78 is 5.30. The molecule has 1 heterocycles. The topological polar surface area (TPSA) is 97.5 Å². The van der Waals surface area contributed by atoms with Crippen LogP contribution >= 0.6 is 24.4 Å². The van der Waals surface area contributed by atoms with Crippen molar-refractivity contribution in [2.24, 2.45) is 5.73 Å². The van der Waals surface area contributed by atoms with Gasteiger partial charge in [-0.15, -0.1) is 0 Å². The summed E-state index contributed by atoms with van der Waals surface area (Å²) in [5, 5.41) is 10.1. The van der Waals surface area contributed by atoms with Crippen molar-refractivity contribution in [2.45, 2.75) is 6.42 Å². The Labute approximate surface area is 150 Å². The van der Waals surface area contributed by atoms with E-state index in [0.29, 0.717) is 11.4 Å². The number of carbonyl (C=O) groups excluding carboxylic acids is 1. The molecule has 0 aliphatic rings. The number of ketones is 1. The Balaban J connectivity index is 0.000000648. The first-order valence-corrected chi connectivity index (χ1v) is 7.72. The number of hydrogen-bond donors (Lipinski definition) is 3. The van der Waals surface area contributed by atoms with Gasteiger partial charge >= 0.3 is 0 Å². The summed E-state index contributed by atoms with van der Waals surface area (Å²) in [6, 6.07) is 14.6. The number of hydrogen-bond acceptors (Lipinski definition) is 5. The number of thiocarbonyl (C=S) groups is 2. The summed E-state index contributed by atoms with van der Waals surface area (Å²) in [5.41, 5.74) is 5.08. The Morgan fingerprint density at radius 3 is 2.38 bits per heavy atom. The van der Waals surface area contributed by atoms with Gasteiger partial charge in [-0.1, -0.05) is 36.4 Å². The van der Waals surface area contributed by atoms with Gasteiger partial charge in [0, 0.05) is 18.2 Å². The molecule has 4 N–H and O–H groups in total. The van der Waals surface area contributed by atoms with Crippen molar-refractivity contribution in [3.8, 4) is 0 Å². The number of benzene rings is 1. The first kappa shape index (κ1) is 19.5. The van der Waals surface area contributed by atoms with Crippen LogP contribution in [0.2, 0.25) is 0 Å². The molecule has 0 spiro atoms. The SMILES string of the molecule is NC(O)=S.O=C(CCOC(=S)Nc1ccccn1)c1ccccc1. The van der Waals surface area contributed by atoms with Crippen LogP contribution < -0.4 is 11.1 Å². The smallest absolute Gasteiger partial charge is 0.262 e. The zero-order valence-electron chi connectivity index (χ0n) is 12.7. The Morgan fingerprint density at radius 1 is 1.17 bits per heavy atom. The maximum Gasteiger partial charge on any atom is 0.262 e. The van der Waals surface area contributed by atoms with Gasteiger partial charge in [-0.2, -0.15) is 0 Å². The van der Waals surface area contributed by atoms with E-state index < -0.39 is 5.17 Å². The predicted octanol–water partition coefficient (Wildman–Crippen LogP) is 2.86. The molecule has 0 bridgehead atoms. The Hall–Kier alpha value is -2.58. The first-order valence-electron chi connectivity index (χ1n) is 6.90. The van der Waals surface area contributed by atoms with Gasteiger partial charge in [0.2, 0.25) is 0 Å². The molecule has 0 atom stereocenters. The van der Waals surface area contributed by atoms with Crippen molar-refractivity contribution < 1.29 is 14.6 Å². The summed E-state index contributed by atoms with van der Waals surface area (Å²) in [4.78, 5) is 15.9. The molecule has 0 saturated heterocycles. The van der Waals surface area contributed by atoms with Crippen LogP contribution in [0.5, 0.6) is 0 Å². The minimum Gasteiger partial charge on any atom is -0.487 e. The fourth-order valence-electron chi connectivity index (χ4n) is 1.58. The number of carbonyl (C=O) groups is 1. The van der Waals surface area contributed by atoms with E-state index in [9.17, 15) is 4.79 Å². The van der Waals surface area contributed by atoms with Crippen molar-refractivity contribution in [2.75, 3.05) is 11.9 Å². The molecule has 8 heteroatoms. The largest absolute Gasteiger partial charge is 0.487 e. The van der Waals surface area contributed by atoms with Crippen LogP contribution in [0.1, 0.15) is 16.8 Å². The molecule has 1 aromatic heterocycles. The average Bonchev–Trinajstić information content (AvgIpc) is 2.56. The molecule has 126 valence electrons. The molecule has 2 rings (SSSR count). The van der Waals surface area contributed by atoms with Gasteiger partial charge in [0.05, 0.1) is 6.61 Å². The summed E-state index contributed by atoms with van der Waals surface area (Å²) >= 11 is 8.89. The van der Waals surface area contributed by atoms with Gasteiger partial charge in [-0.25, -0.2) is 4.98 Å². The van der Waals surface area contributed by atoms with Crippen LogP contribution in [0, 0.1) is 0 Å². The predicted molar refractivity (Wildman–Crippen MR) is 101 cm³/mol. The van der Waals surface area contributed by atoms with Gasteiger partial charge in [-0.3, -0.25) is 4.79 Å². The number of nitrogens with two attached hydrogens (primary N) is 1. The zero-order chi connectivity index (χ0) is 17.8. The minimum absolute atomic E-state index is 0.0336. The van der Waals surface area contributed by atoms with Crippen LogP contribution in [0.25, 0.3) is 0 Å². The quantitative estimate of drug-likeness (QED) is 0.551. The van der Waals surface area contributed by atoms with Gasteiger partial charge < -0.3 is 20.9 Å². The van der Waals surface area contributed by atoms with Crippen LogP contribution in [0.3, 0.4) is 0 Å². The fourth-order valence-corrected chi connectivity index (χ4v) is 1.77. The Bertz CT molecular complexity index is 663. The highest BCUT2D eigenvalue weighted by Crippen LogP contribution is 2.04. The summed E-state index contributed by atoms with van der Waals surface area (Å²) in [5.74, 6) is 0.651. The molecule has 0 radical (unpaired) electrons.